The zero-order valence-electron chi connectivity index (χ0n) is 17.2. The molecule has 1 heterocycles. The van der Waals surface area contributed by atoms with Crippen LogP contribution in [0.25, 0.3) is 11.4 Å². The molecule has 0 saturated heterocycles. The number of carbonyl (C=O) groups is 1. The van der Waals surface area contributed by atoms with E-state index < -0.39 is 40.8 Å². The molecule has 0 saturated carbocycles. The van der Waals surface area contributed by atoms with Crippen LogP contribution in [-0.4, -0.2) is 34.0 Å². The number of halogens is 6. The zero-order chi connectivity index (χ0) is 24.2. The van der Waals surface area contributed by atoms with Gasteiger partial charge >= 0.3 is 6.18 Å². The molecular weight excluding hydrogens is 454 g/mol. The predicted octanol–water partition coefficient (Wildman–Crippen LogP) is 5.02. The van der Waals surface area contributed by atoms with Gasteiger partial charge in [0, 0.05) is 5.56 Å². The van der Waals surface area contributed by atoms with Crippen LogP contribution in [0.2, 0.25) is 0 Å². The normalized spacial score (nSPS) is 11.8. The summed E-state index contributed by atoms with van der Waals surface area (Å²) in [5.41, 5.74) is -1.27. The van der Waals surface area contributed by atoms with E-state index in [0.717, 1.165) is 18.2 Å². The highest BCUT2D eigenvalue weighted by Crippen LogP contribution is 2.31. The molecular formula is C21H18F6N4O2. The van der Waals surface area contributed by atoms with Crippen molar-refractivity contribution in [3.05, 3.63) is 65.3 Å². The summed E-state index contributed by atoms with van der Waals surface area (Å²) in [5.74, 6) is -5.32. The molecule has 0 unspecified atom stereocenters. The largest absolute Gasteiger partial charge is 0.416 e. The highest BCUT2D eigenvalue weighted by atomic mass is 19.4. The van der Waals surface area contributed by atoms with Crippen molar-refractivity contribution in [2.45, 2.75) is 26.1 Å². The molecule has 0 spiro atoms. The molecule has 0 aliphatic carbocycles. The Hall–Kier alpha value is -3.41. The number of hydrogen-bond acceptors (Lipinski definition) is 5. The predicted molar refractivity (Wildman–Crippen MR) is 105 cm³/mol. The summed E-state index contributed by atoms with van der Waals surface area (Å²) in [4.78, 5) is 17.9. The Morgan fingerprint density at radius 3 is 2.58 bits per heavy atom. The van der Waals surface area contributed by atoms with Gasteiger partial charge in [0.25, 0.3) is 0 Å². The number of aromatic nitrogens is 2. The van der Waals surface area contributed by atoms with E-state index in [1.807, 2.05) is 6.92 Å². The summed E-state index contributed by atoms with van der Waals surface area (Å²) in [6.07, 6.45) is -3.91. The van der Waals surface area contributed by atoms with Gasteiger partial charge in [-0.25, -0.2) is 13.2 Å². The Morgan fingerprint density at radius 1 is 1.12 bits per heavy atom. The van der Waals surface area contributed by atoms with Crippen LogP contribution in [0.15, 0.2) is 40.9 Å². The summed E-state index contributed by atoms with van der Waals surface area (Å²) in [6, 6.07) is 6.02. The first kappa shape index (κ1) is 24.2. The lowest BCUT2D eigenvalue weighted by Gasteiger charge is -2.19. The third kappa shape index (κ3) is 6.09. The molecule has 0 bridgehead atoms. The Morgan fingerprint density at radius 2 is 1.88 bits per heavy atom. The average Bonchev–Trinajstić information content (AvgIpc) is 3.22. The van der Waals surface area contributed by atoms with Crippen LogP contribution in [0, 0.1) is 17.5 Å². The van der Waals surface area contributed by atoms with Crippen LogP contribution in [0.1, 0.15) is 24.8 Å². The van der Waals surface area contributed by atoms with Gasteiger partial charge in [-0.1, -0.05) is 24.2 Å². The second-order valence-corrected chi connectivity index (χ2v) is 7.07. The summed E-state index contributed by atoms with van der Waals surface area (Å²) in [5, 5.41) is 5.86. The standard InChI is InChI=1S/C21H18F6N4O2/c1-2-8-31(10-16(32)28-15-7-6-14(22)18(23)19(15)24)11-17-29-20(30-33-17)12-4-3-5-13(9-12)21(25,26)27/h3-7,9H,2,8,10-11H2,1H3,(H,28,32). The van der Waals surface area contributed by atoms with Crippen LogP contribution in [0.5, 0.6) is 0 Å². The van der Waals surface area contributed by atoms with Crippen LogP contribution in [0.4, 0.5) is 32.0 Å². The van der Waals surface area contributed by atoms with Crippen molar-refractivity contribution >= 4 is 11.6 Å². The molecule has 6 nitrogen and oxygen atoms in total. The Bertz CT molecular complexity index is 1130. The molecule has 12 heteroatoms. The fraction of sp³-hybridized carbons (Fsp3) is 0.286. The van der Waals surface area contributed by atoms with Crippen molar-refractivity contribution in [1.29, 1.82) is 0 Å². The van der Waals surface area contributed by atoms with Gasteiger partial charge < -0.3 is 9.84 Å². The maximum Gasteiger partial charge on any atom is 0.416 e. The van der Waals surface area contributed by atoms with Crippen molar-refractivity contribution in [2.75, 3.05) is 18.4 Å². The number of alkyl halides is 3. The number of hydrogen-bond donors (Lipinski definition) is 1. The molecule has 0 aliphatic heterocycles. The molecule has 0 aliphatic rings. The van der Waals surface area contributed by atoms with Crippen molar-refractivity contribution < 1.29 is 35.7 Å². The van der Waals surface area contributed by atoms with Crippen molar-refractivity contribution in [3.63, 3.8) is 0 Å². The molecule has 1 amide bonds. The van der Waals surface area contributed by atoms with E-state index in [1.165, 1.54) is 12.1 Å². The maximum absolute atomic E-state index is 13.8. The Kier molecular flexibility index (Phi) is 7.36. The first-order valence-electron chi connectivity index (χ1n) is 9.74. The van der Waals surface area contributed by atoms with E-state index in [2.05, 4.69) is 15.5 Å². The number of amides is 1. The second-order valence-electron chi connectivity index (χ2n) is 7.07. The van der Waals surface area contributed by atoms with E-state index in [1.54, 1.807) is 4.90 Å². The van der Waals surface area contributed by atoms with Gasteiger partial charge in [0.1, 0.15) is 0 Å². The van der Waals surface area contributed by atoms with Gasteiger partial charge in [0.05, 0.1) is 24.3 Å². The van der Waals surface area contributed by atoms with E-state index in [0.29, 0.717) is 19.0 Å². The molecule has 0 fully saturated rings. The summed E-state index contributed by atoms with van der Waals surface area (Å²) < 4.78 is 84.0. The third-order valence-corrected chi connectivity index (χ3v) is 4.49. The molecule has 1 N–H and O–H groups in total. The minimum absolute atomic E-state index is 0.0204. The first-order chi connectivity index (χ1) is 15.6. The minimum atomic E-state index is -4.53. The molecule has 0 radical (unpaired) electrons. The lowest BCUT2D eigenvalue weighted by Crippen LogP contribution is -2.33. The number of benzene rings is 2. The molecule has 2 aromatic carbocycles. The quantitative estimate of drug-likeness (QED) is 0.368. The second kappa shape index (κ2) is 10.0. The van der Waals surface area contributed by atoms with E-state index in [4.69, 9.17) is 4.52 Å². The summed E-state index contributed by atoms with van der Waals surface area (Å²) in [6.45, 7) is 1.93. The fourth-order valence-electron chi connectivity index (χ4n) is 3.01. The molecule has 1 aromatic heterocycles. The zero-order valence-corrected chi connectivity index (χ0v) is 17.2. The average molecular weight is 472 g/mol. The van der Waals surface area contributed by atoms with E-state index in [9.17, 15) is 31.1 Å². The lowest BCUT2D eigenvalue weighted by molar-refractivity contribution is -0.137. The molecule has 0 atom stereocenters. The molecule has 3 aromatic rings. The van der Waals surface area contributed by atoms with E-state index in [-0.39, 0.29) is 30.4 Å². The lowest BCUT2D eigenvalue weighted by atomic mass is 10.1. The van der Waals surface area contributed by atoms with Crippen LogP contribution >= 0.6 is 0 Å². The van der Waals surface area contributed by atoms with Crippen LogP contribution in [-0.2, 0) is 17.5 Å². The first-order valence-corrected chi connectivity index (χ1v) is 9.74. The number of nitrogens with zero attached hydrogens (tertiary/aromatic N) is 3. The van der Waals surface area contributed by atoms with Gasteiger partial charge in [-0.05, 0) is 37.2 Å². The molecule has 33 heavy (non-hydrogen) atoms. The van der Waals surface area contributed by atoms with Gasteiger partial charge in [-0.3, -0.25) is 9.69 Å². The maximum atomic E-state index is 13.8. The molecule has 176 valence electrons. The summed E-state index contributed by atoms with van der Waals surface area (Å²) in [7, 11) is 0. The third-order valence-electron chi connectivity index (χ3n) is 4.49. The highest BCUT2D eigenvalue weighted by Gasteiger charge is 2.31. The van der Waals surface area contributed by atoms with Crippen LogP contribution in [0.3, 0.4) is 0 Å². The van der Waals surface area contributed by atoms with Gasteiger partial charge in [-0.2, -0.15) is 18.2 Å². The summed E-state index contributed by atoms with van der Waals surface area (Å²) >= 11 is 0. The van der Waals surface area contributed by atoms with Crippen molar-refractivity contribution in [2.24, 2.45) is 0 Å². The van der Waals surface area contributed by atoms with Gasteiger partial charge in [-0.15, -0.1) is 0 Å². The number of rotatable bonds is 8. The topological polar surface area (TPSA) is 71.3 Å². The molecule has 3 rings (SSSR count). The minimum Gasteiger partial charge on any atom is -0.338 e. The Balaban J connectivity index is 1.69. The SMILES string of the molecule is CCCN(CC(=O)Nc1ccc(F)c(F)c1F)Cc1nc(-c2cccc(C(F)(F)F)c2)no1. The van der Waals surface area contributed by atoms with Crippen LogP contribution < -0.4 is 5.32 Å². The number of nitrogens with one attached hydrogen (secondary N) is 1. The Labute approximate surface area is 184 Å². The van der Waals surface area contributed by atoms with Crippen molar-refractivity contribution in [1.82, 2.24) is 15.0 Å². The van der Waals surface area contributed by atoms with Crippen molar-refractivity contribution in [3.8, 4) is 11.4 Å². The highest BCUT2D eigenvalue weighted by molar-refractivity contribution is 5.92. The monoisotopic (exact) mass is 472 g/mol. The van der Waals surface area contributed by atoms with Gasteiger partial charge in [0.15, 0.2) is 17.5 Å². The van der Waals surface area contributed by atoms with Gasteiger partial charge in [0.2, 0.25) is 17.6 Å². The smallest absolute Gasteiger partial charge is 0.338 e. The van der Waals surface area contributed by atoms with E-state index >= 15 is 0 Å². The fourth-order valence-corrected chi connectivity index (χ4v) is 3.01. The number of anilines is 1. The number of carbonyl (C=O) groups excluding carboxylic acids is 1.